The number of hydrogen-bond acceptors (Lipinski definition) is 10. The molecule has 13 heteroatoms. The average molecular weight is 468 g/mol. The lowest BCUT2D eigenvalue weighted by atomic mass is 10.4. The monoisotopic (exact) mass is 467 g/mol. The third-order valence-corrected chi connectivity index (χ3v) is 5.48. The smallest absolute Gasteiger partial charge is 0.450 e. The third kappa shape index (κ3) is 13.9. The van der Waals surface area contributed by atoms with Gasteiger partial charge in [-0.3, -0.25) is 19.2 Å². The number of hydrogen-bond donors (Lipinski definition) is 2. The number of hydroxylamine groups is 2. The van der Waals surface area contributed by atoms with Gasteiger partial charge in [0.05, 0.1) is 13.2 Å². The van der Waals surface area contributed by atoms with Gasteiger partial charge in [0.25, 0.3) is 11.8 Å². The molecule has 4 amide bonds. The largest absolute Gasteiger partial charge is 0.533 e. The van der Waals surface area contributed by atoms with E-state index in [0.717, 1.165) is 11.5 Å². The van der Waals surface area contributed by atoms with Crippen LogP contribution in [-0.4, -0.2) is 72.8 Å². The highest BCUT2D eigenvalue weighted by Gasteiger charge is 2.33. The van der Waals surface area contributed by atoms with Crippen molar-refractivity contribution in [3.05, 3.63) is 0 Å². The quantitative estimate of drug-likeness (QED) is 0.200. The summed E-state index contributed by atoms with van der Waals surface area (Å²) in [6, 6.07) is 0. The van der Waals surface area contributed by atoms with Crippen LogP contribution in [0, 0.1) is 0 Å². The molecule has 1 saturated heterocycles. The molecule has 0 spiro atoms. The van der Waals surface area contributed by atoms with Crippen molar-refractivity contribution in [1.82, 2.24) is 15.7 Å². The number of ether oxygens (including phenoxy) is 2. The van der Waals surface area contributed by atoms with Crippen molar-refractivity contribution < 1.29 is 38.3 Å². The van der Waals surface area contributed by atoms with Gasteiger partial charge in [0.2, 0.25) is 5.91 Å². The minimum absolute atomic E-state index is 0.0816. The van der Waals surface area contributed by atoms with Gasteiger partial charge in [-0.1, -0.05) is 33.6 Å². The molecule has 0 aliphatic carbocycles. The SMILES string of the molecule is CCOC(=O)NCCSSCCNC(=O)CC.CCOC(=O)ON1C(=O)CCC1=O. The summed E-state index contributed by atoms with van der Waals surface area (Å²) in [7, 11) is 3.35. The molecule has 0 atom stereocenters. The number of nitrogens with zero attached hydrogens (tertiary/aromatic N) is 1. The second-order valence-electron chi connectivity index (χ2n) is 5.35. The van der Waals surface area contributed by atoms with Crippen LogP contribution >= 0.6 is 21.6 Å². The topological polar surface area (TPSA) is 140 Å². The van der Waals surface area contributed by atoms with Gasteiger partial charge in [0.1, 0.15) is 0 Å². The third-order valence-electron chi connectivity index (χ3n) is 3.08. The molecule has 0 radical (unpaired) electrons. The van der Waals surface area contributed by atoms with E-state index in [2.05, 4.69) is 20.2 Å². The Balaban J connectivity index is 0.000000579. The van der Waals surface area contributed by atoms with Crippen molar-refractivity contribution in [2.24, 2.45) is 0 Å². The molecule has 2 N–H and O–H groups in total. The molecule has 0 unspecified atom stereocenters. The first kappa shape index (κ1) is 27.8. The lowest BCUT2D eigenvalue weighted by Crippen LogP contribution is -2.32. The van der Waals surface area contributed by atoms with Crippen LogP contribution in [0.4, 0.5) is 9.59 Å². The van der Waals surface area contributed by atoms with E-state index in [1.165, 1.54) is 0 Å². The maximum absolute atomic E-state index is 10.9. The molecular weight excluding hydrogens is 438 g/mol. The molecule has 0 aromatic heterocycles. The number of alkyl carbamates (subject to hydrolysis) is 1. The second-order valence-corrected chi connectivity index (χ2v) is 8.05. The fraction of sp³-hybridized carbons (Fsp3) is 0.706. The Bertz CT molecular complexity index is 561. The number of nitrogens with one attached hydrogen (secondary N) is 2. The first-order valence-electron chi connectivity index (χ1n) is 9.47. The summed E-state index contributed by atoms with van der Waals surface area (Å²) in [5.74, 6) is 0.747. The average Bonchev–Trinajstić information content (AvgIpc) is 3.02. The summed E-state index contributed by atoms with van der Waals surface area (Å²) < 4.78 is 9.11. The standard InChI is InChI=1S/C10H20N2O3S2.C7H9NO5/c1-3-9(13)11-5-7-16-17-8-6-12-10(14)15-4-2;1-2-12-7(11)13-8-5(9)3-4-6(8)10/h3-8H2,1-2H3,(H,11,13)(H,12,14);2-4H2,1H3. The highest BCUT2D eigenvalue weighted by molar-refractivity contribution is 8.76. The van der Waals surface area contributed by atoms with E-state index in [-0.39, 0.29) is 31.4 Å². The van der Waals surface area contributed by atoms with Crippen LogP contribution in [-0.2, 0) is 28.7 Å². The minimum Gasteiger partial charge on any atom is -0.450 e. The predicted octanol–water partition coefficient (Wildman–Crippen LogP) is 1.86. The first-order chi connectivity index (χ1) is 14.3. The molecule has 0 saturated carbocycles. The van der Waals surface area contributed by atoms with E-state index in [4.69, 9.17) is 4.74 Å². The molecule has 0 aromatic rings. The Morgan fingerprint density at radius 3 is 1.93 bits per heavy atom. The maximum atomic E-state index is 10.9. The van der Waals surface area contributed by atoms with Gasteiger partial charge < -0.3 is 20.1 Å². The van der Waals surface area contributed by atoms with Gasteiger partial charge in [-0.25, -0.2) is 9.59 Å². The molecule has 11 nitrogen and oxygen atoms in total. The predicted molar refractivity (Wildman–Crippen MR) is 112 cm³/mol. The number of carbonyl (C=O) groups excluding carboxylic acids is 5. The molecule has 1 aliphatic heterocycles. The van der Waals surface area contributed by atoms with Gasteiger partial charge >= 0.3 is 12.2 Å². The Labute approximate surface area is 183 Å². The van der Waals surface area contributed by atoms with Crippen LogP contribution in [0.2, 0.25) is 0 Å². The lowest BCUT2D eigenvalue weighted by Gasteiger charge is -2.11. The Hall–Kier alpha value is -2.15. The number of imide groups is 1. The second kappa shape index (κ2) is 17.7. The van der Waals surface area contributed by atoms with Crippen LogP contribution in [0.1, 0.15) is 40.0 Å². The van der Waals surface area contributed by atoms with Crippen LogP contribution in [0.3, 0.4) is 0 Å². The summed E-state index contributed by atoms with van der Waals surface area (Å²) >= 11 is 0. The Kier molecular flexibility index (Phi) is 16.4. The van der Waals surface area contributed by atoms with Gasteiger partial charge in [-0.2, -0.15) is 0 Å². The van der Waals surface area contributed by atoms with Crippen molar-refractivity contribution >= 4 is 51.6 Å². The van der Waals surface area contributed by atoms with Crippen LogP contribution in [0.5, 0.6) is 0 Å². The van der Waals surface area contributed by atoms with Crippen molar-refractivity contribution in [1.29, 1.82) is 0 Å². The van der Waals surface area contributed by atoms with Gasteiger partial charge in [-0.05, 0) is 13.8 Å². The van der Waals surface area contributed by atoms with E-state index < -0.39 is 18.0 Å². The fourth-order valence-electron chi connectivity index (χ4n) is 1.73. The van der Waals surface area contributed by atoms with Crippen LogP contribution < -0.4 is 10.6 Å². The van der Waals surface area contributed by atoms with E-state index >= 15 is 0 Å². The zero-order valence-corrected chi connectivity index (χ0v) is 19.0. The first-order valence-corrected chi connectivity index (χ1v) is 12.0. The summed E-state index contributed by atoms with van der Waals surface area (Å²) in [4.78, 5) is 58.6. The number of amides is 4. The number of rotatable bonds is 11. The van der Waals surface area contributed by atoms with Gasteiger partial charge in [0.15, 0.2) is 0 Å². The Morgan fingerprint density at radius 1 is 0.900 bits per heavy atom. The van der Waals surface area contributed by atoms with Gasteiger partial charge in [-0.15, -0.1) is 0 Å². The van der Waals surface area contributed by atoms with Crippen molar-refractivity contribution in [2.75, 3.05) is 37.8 Å². The van der Waals surface area contributed by atoms with Crippen LogP contribution in [0.15, 0.2) is 0 Å². The minimum atomic E-state index is -1.04. The van der Waals surface area contributed by atoms with Crippen LogP contribution in [0.25, 0.3) is 0 Å². The lowest BCUT2D eigenvalue weighted by molar-refractivity contribution is -0.176. The van der Waals surface area contributed by atoms with Crippen molar-refractivity contribution in [3.8, 4) is 0 Å². The molecule has 1 fully saturated rings. The summed E-state index contributed by atoms with van der Waals surface area (Å²) in [6.07, 6.45) is -0.711. The molecule has 30 heavy (non-hydrogen) atoms. The summed E-state index contributed by atoms with van der Waals surface area (Å²) in [5, 5.41) is 5.87. The van der Waals surface area contributed by atoms with E-state index in [9.17, 15) is 24.0 Å². The molecule has 1 heterocycles. The zero-order valence-electron chi connectivity index (χ0n) is 17.4. The van der Waals surface area contributed by atoms with E-state index in [0.29, 0.717) is 31.2 Å². The van der Waals surface area contributed by atoms with Gasteiger partial charge in [0, 0.05) is 43.9 Å². The molecule has 0 bridgehead atoms. The number of carbonyl (C=O) groups is 5. The molecular formula is C17H29N3O8S2. The molecule has 172 valence electrons. The molecule has 1 aliphatic rings. The summed E-state index contributed by atoms with van der Waals surface area (Å²) in [6.45, 7) is 7.01. The Morgan fingerprint density at radius 2 is 1.43 bits per heavy atom. The van der Waals surface area contributed by atoms with Crippen molar-refractivity contribution in [3.63, 3.8) is 0 Å². The highest BCUT2D eigenvalue weighted by Crippen LogP contribution is 2.19. The summed E-state index contributed by atoms with van der Waals surface area (Å²) in [5.41, 5.74) is 0. The molecule has 1 rings (SSSR count). The zero-order chi connectivity index (χ0) is 22.8. The van der Waals surface area contributed by atoms with E-state index in [1.807, 2.05) is 6.92 Å². The highest BCUT2D eigenvalue weighted by atomic mass is 33.1. The van der Waals surface area contributed by atoms with E-state index in [1.54, 1.807) is 35.4 Å². The maximum Gasteiger partial charge on any atom is 0.533 e. The molecule has 0 aromatic carbocycles. The van der Waals surface area contributed by atoms with Crippen molar-refractivity contribution in [2.45, 2.75) is 40.0 Å². The normalized spacial score (nSPS) is 12.6. The fourth-order valence-corrected chi connectivity index (χ4v) is 3.54.